The van der Waals surface area contributed by atoms with E-state index in [0.29, 0.717) is 0 Å². The summed E-state index contributed by atoms with van der Waals surface area (Å²) >= 11 is 0. The molecule has 0 atom stereocenters. The number of rotatable bonds is 10. The van der Waals surface area contributed by atoms with E-state index in [1.807, 2.05) is 0 Å². The Morgan fingerprint density at radius 2 is 1.62 bits per heavy atom. The molecule has 0 radical (unpaired) electrons. The maximum absolute atomic E-state index is 13.3. The minimum atomic E-state index is -4.07. The molecular weight excluding hydrogens is 478 g/mol. The Morgan fingerprint density at radius 3 is 2.24 bits per heavy atom. The van der Waals surface area contributed by atoms with E-state index in [1.165, 1.54) is 24.4 Å². The smallest absolute Gasteiger partial charge is 0.387 e. The van der Waals surface area contributed by atoms with Gasteiger partial charge in [-0.2, -0.15) is 17.6 Å². The summed E-state index contributed by atoms with van der Waals surface area (Å²) in [7, 11) is -4.07. The number of aromatic nitrogens is 2. The van der Waals surface area contributed by atoms with Crippen molar-refractivity contribution >= 4 is 16.0 Å². The molecule has 182 valence electrons. The maximum atomic E-state index is 13.3. The lowest BCUT2D eigenvalue weighted by molar-refractivity contribution is -0.0526. The van der Waals surface area contributed by atoms with Crippen molar-refractivity contribution in [3.8, 4) is 22.8 Å². The van der Waals surface area contributed by atoms with E-state index in [1.54, 1.807) is 32.0 Å². The molecule has 0 aliphatic heterocycles. The average Bonchev–Trinajstić information content (AvgIpc) is 2.78. The zero-order valence-corrected chi connectivity index (χ0v) is 18.9. The van der Waals surface area contributed by atoms with Crippen molar-refractivity contribution in [3.05, 3.63) is 60.8 Å². The summed E-state index contributed by atoms with van der Waals surface area (Å²) in [6.07, 6.45) is 1.23. The summed E-state index contributed by atoms with van der Waals surface area (Å²) in [5.74, 6) is -1.02. The lowest BCUT2D eigenvalue weighted by atomic mass is 10.1. The van der Waals surface area contributed by atoms with E-state index < -0.39 is 23.2 Å². The first-order chi connectivity index (χ1) is 16.1. The van der Waals surface area contributed by atoms with Gasteiger partial charge in [-0.1, -0.05) is 32.0 Å². The Balaban J connectivity index is 2.12. The lowest BCUT2D eigenvalue weighted by Crippen LogP contribution is -2.35. The highest BCUT2D eigenvalue weighted by Gasteiger charge is 2.28. The third-order valence-electron chi connectivity index (χ3n) is 4.40. The fourth-order valence-electron chi connectivity index (χ4n) is 3.04. The molecule has 0 bridgehead atoms. The van der Waals surface area contributed by atoms with Gasteiger partial charge in [0.05, 0.1) is 10.6 Å². The van der Waals surface area contributed by atoms with Gasteiger partial charge in [-0.05, 0) is 42.3 Å². The number of sulfonamides is 1. The highest BCUT2D eigenvalue weighted by Crippen LogP contribution is 2.35. The van der Waals surface area contributed by atoms with Crippen LogP contribution >= 0.6 is 0 Å². The molecular formula is C22H21F4N3O4S. The van der Waals surface area contributed by atoms with Crippen molar-refractivity contribution in [3.63, 3.8) is 0 Å². The number of nitrogens with zero attached hydrogens (tertiary/aromatic N) is 3. The molecule has 0 N–H and O–H groups in total. The summed E-state index contributed by atoms with van der Waals surface area (Å²) in [5.41, 5.74) is -0.138. The second-order valence-electron chi connectivity index (χ2n) is 7.40. The van der Waals surface area contributed by atoms with Gasteiger partial charge < -0.3 is 9.47 Å². The molecule has 0 amide bonds. The average molecular weight is 499 g/mol. The molecule has 1 heterocycles. The second-order valence-corrected chi connectivity index (χ2v) is 9.26. The molecule has 0 spiro atoms. The van der Waals surface area contributed by atoms with Crippen LogP contribution in [0.3, 0.4) is 0 Å². The number of anilines is 1. The van der Waals surface area contributed by atoms with Crippen molar-refractivity contribution in [1.82, 2.24) is 9.97 Å². The normalized spacial score (nSPS) is 11.8. The van der Waals surface area contributed by atoms with Crippen LogP contribution in [0.1, 0.15) is 13.8 Å². The molecule has 0 aliphatic rings. The molecule has 7 nitrogen and oxygen atoms in total. The van der Waals surface area contributed by atoms with Gasteiger partial charge in [0.2, 0.25) is 5.95 Å². The Morgan fingerprint density at radius 1 is 0.941 bits per heavy atom. The predicted molar refractivity (Wildman–Crippen MR) is 117 cm³/mol. The molecule has 0 fully saturated rings. The van der Waals surface area contributed by atoms with Gasteiger partial charge in [-0.15, -0.1) is 0 Å². The summed E-state index contributed by atoms with van der Waals surface area (Å²) in [6, 6.07) is 12.1. The fourth-order valence-corrected chi connectivity index (χ4v) is 4.59. The minimum Gasteiger partial charge on any atom is -0.435 e. The molecule has 12 heteroatoms. The van der Waals surface area contributed by atoms with E-state index >= 15 is 0 Å². The zero-order chi connectivity index (χ0) is 24.9. The Hall–Kier alpha value is -3.41. The summed E-state index contributed by atoms with van der Waals surface area (Å²) in [6.45, 7) is -2.71. The molecule has 3 aromatic rings. The van der Waals surface area contributed by atoms with Crippen molar-refractivity contribution in [2.75, 3.05) is 10.8 Å². The molecule has 1 aromatic heterocycles. The van der Waals surface area contributed by atoms with Crippen LogP contribution in [0.5, 0.6) is 11.5 Å². The predicted octanol–water partition coefficient (Wildman–Crippen LogP) is 5.20. The van der Waals surface area contributed by atoms with Gasteiger partial charge in [0, 0.05) is 18.3 Å². The van der Waals surface area contributed by atoms with Crippen molar-refractivity contribution in [2.45, 2.75) is 32.0 Å². The van der Waals surface area contributed by atoms with E-state index in [9.17, 15) is 26.0 Å². The largest absolute Gasteiger partial charge is 0.435 e. The number of hydrogen-bond acceptors (Lipinski definition) is 6. The Labute approximate surface area is 194 Å². The molecule has 34 heavy (non-hydrogen) atoms. The molecule has 0 unspecified atom stereocenters. The number of ether oxygens (including phenoxy) is 2. The van der Waals surface area contributed by atoms with E-state index in [2.05, 4.69) is 19.4 Å². The van der Waals surface area contributed by atoms with Gasteiger partial charge in [0.25, 0.3) is 10.0 Å². The van der Waals surface area contributed by atoms with Crippen LogP contribution in [0.25, 0.3) is 11.3 Å². The van der Waals surface area contributed by atoms with Crippen LogP contribution in [-0.2, 0) is 10.0 Å². The number of hydrogen-bond donors (Lipinski definition) is 0. The molecule has 0 saturated carbocycles. The van der Waals surface area contributed by atoms with Crippen LogP contribution in [0, 0.1) is 5.92 Å². The second kappa shape index (κ2) is 10.7. The minimum absolute atomic E-state index is 0.0127. The Bertz CT molecular complexity index is 1210. The highest BCUT2D eigenvalue weighted by molar-refractivity contribution is 7.92. The molecule has 0 aliphatic carbocycles. The zero-order valence-electron chi connectivity index (χ0n) is 18.1. The van der Waals surface area contributed by atoms with E-state index in [-0.39, 0.29) is 46.1 Å². The van der Waals surface area contributed by atoms with E-state index in [4.69, 9.17) is 0 Å². The van der Waals surface area contributed by atoms with Gasteiger partial charge >= 0.3 is 13.2 Å². The van der Waals surface area contributed by atoms with Gasteiger partial charge in [-0.25, -0.2) is 22.7 Å². The van der Waals surface area contributed by atoms with Gasteiger partial charge in [-0.3, -0.25) is 0 Å². The molecule has 3 rings (SSSR count). The first-order valence-electron chi connectivity index (χ1n) is 10.0. The molecule has 2 aromatic carbocycles. The van der Waals surface area contributed by atoms with Gasteiger partial charge in [0.1, 0.15) is 11.5 Å². The summed E-state index contributed by atoms with van der Waals surface area (Å²) in [4.78, 5) is 8.32. The SMILES string of the molecule is CC(C)CN(c1nccc(-c2cc(OC(F)F)ccc2OC(F)F)n1)S(=O)(=O)c1ccccc1. The van der Waals surface area contributed by atoms with Crippen molar-refractivity contribution in [1.29, 1.82) is 0 Å². The standard InChI is InChI=1S/C22H21F4N3O4S/c1-14(2)13-29(34(30,31)16-6-4-3-5-7-16)22-27-11-10-18(28-22)17-12-15(32-20(23)24)8-9-19(17)33-21(25)26/h3-12,14,20-21H,13H2,1-2H3. The number of benzene rings is 2. The highest BCUT2D eigenvalue weighted by atomic mass is 32.2. The topological polar surface area (TPSA) is 81.6 Å². The van der Waals surface area contributed by atoms with Crippen molar-refractivity contribution in [2.24, 2.45) is 5.92 Å². The monoisotopic (exact) mass is 499 g/mol. The third kappa shape index (κ3) is 6.13. The summed E-state index contributed by atoms with van der Waals surface area (Å²) in [5, 5.41) is 0. The molecule has 0 saturated heterocycles. The Kier molecular flexibility index (Phi) is 7.92. The van der Waals surface area contributed by atoms with Crippen LogP contribution < -0.4 is 13.8 Å². The van der Waals surface area contributed by atoms with Crippen LogP contribution in [0.15, 0.2) is 65.7 Å². The number of halogens is 4. The maximum Gasteiger partial charge on any atom is 0.387 e. The quantitative estimate of drug-likeness (QED) is 0.357. The first-order valence-corrected chi connectivity index (χ1v) is 11.5. The van der Waals surface area contributed by atoms with Crippen molar-refractivity contribution < 1.29 is 35.5 Å². The van der Waals surface area contributed by atoms with Crippen LogP contribution in [0.2, 0.25) is 0 Å². The van der Waals surface area contributed by atoms with E-state index in [0.717, 1.165) is 22.5 Å². The van der Waals surface area contributed by atoms with Crippen LogP contribution in [0.4, 0.5) is 23.5 Å². The van der Waals surface area contributed by atoms with Gasteiger partial charge in [0.15, 0.2) is 0 Å². The lowest BCUT2D eigenvalue weighted by Gasteiger charge is -2.24. The summed E-state index contributed by atoms with van der Waals surface area (Å²) < 4.78 is 87.7. The van der Waals surface area contributed by atoms with Crippen LogP contribution in [-0.4, -0.2) is 38.2 Å². The first kappa shape index (κ1) is 25.2. The fraction of sp³-hybridized carbons (Fsp3) is 0.273. The third-order valence-corrected chi connectivity index (χ3v) is 6.16. The number of alkyl halides is 4.